The fourth-order valence-electron chi connectivity index (χ4n) is 2.97. The van der Waals surface area contributed by atoms with Gasteiger partial charge in [0.15, 0.2) is 0 Å². The summed E-state index contributed by atoms with van der Waals surface area (Å²) in [6, 6.07) is 9.06. The van der Waals surface area contributed by atoms with Gasteiger partial charge in [0.2, 0.25) is 0 Å². The molecule has 1 aliphatic heterocycles. The van der Waals surface area contributed by atoms with Crippen LogP contribution < -0.4 is 5.32 Å². The summed E-state index contributed by atoms with van der Waals surface area (Å²) in [6.07, 6.45) is 2.42. The Balaban J connectivity index is 1.81. The van der Waals surface area contributed by atoms with E-state index in [9.17, 15) is 0 Å². The summed E-state index contributed by atoms with van der Waals surface area (Å²) in [6.45, 7) is 4.45. The third-order valence-corrected chi connectivity index (χ3v) is 4.66. The van der Waals surface area contributed by atoms with Gasteiger partial charge in [-0.3, -0.25) is 0 Å². The quantitative estimate of drug-likeness (QED) is 0.825. The van der Waals surface area contributed by atoms with Crippen LogP contribution in [0.15, 0.2) is 28.7 Å². The normalized spacial score (nSPS) is 21.2. The molecule has 0 amide bonds. The molecule has 1 saturated heterocycles. The number of hydrogen-bond donors (Lipinski definition) is 1. The minimum Gasteiger partial charge on any atom is -0.384 e. The van der Waals surface area contributed by atoms with Gasteiger partial charge >= 0.3 is 0 Å². The van der Waals surface area contributed by atoms with Crippen LogP contribution in [0.5, 0.6) is 0 Å². The summed E-state index contributed by atoms with van der Waals surface area (Å²) in [5.41, 5.74) is 1.36. The average Bonchev–Trinajstić information content (AvgIpc) is 2.89. The number of ether oxygens (including phenoxy) is 1. The van der Waals surface area contributed by atoms with Crippen LogP contribution in [0, 0.1) is 5.92 Å². The predicted molar refractivity (Wildman–Crippen MR) is 87.0 cm³/mol. The fourth-order valence-corrected chi connectivity index (χ4v) is 3.24. The Morgan fingerprint density at radius 2 is 2.15 bits per heavy atom. The highest BCUT2D eigenvalue weighted by molar-refractivity contribution is 9.10. The highest BCUT2D eigenvalue weighted by Gasteiger charge is 2.22. The SMILES string of the molecule is CNC(CCN1CCC(COC)C1)c1ccc(Br)cc1. The monoisotopic (exact) mass is 340 g/mol. The molecule has 2 unspecified atom stereocenters. The molecule has 0 aromatic heterocycles. The number of nitrogens with one attached hydrogen (secondary N) is 1. The molecule has 1 N–H and O–H groups in total. The third-order valence-electron chi connectivity index (χ3n) is 4.13. The van der Waals surface area contributed by atoms with E-state index in [2.05, 4.69) is 50.4 Å². The van der Waals surface area contributed by atoms with Crippen molar-refractivity contribution in [3.05, 3.63) is 34.3 Å². The molecule has 0 radical (unpaired) electrons. The molecular formula is C16H25BrN2O. The highest BCUT2D eigenvalue weighted by Crippen LogP contribution is 2.22. The Hall–Kier alpha value is -0.420. The van der Waals surface area contributed by atoms with E-state index >= 15 is 0 Å². The predicted octanol–water partition coefficient (Wildman–Crippen LogP) is 3.07. The maximum Gasteiger partial charge on any atom is 0.0503 e. The molecule has 20 heavy (non-hydrogen) atoms. The van der Waals surface area contributed by atoms with Crippen LogP contribution in [0.2, 0.25) is 0 Å². The van der Waals surface area contributed by atoms with Crippen LogP contribution >= 0.6 is 15.9 Å². The lowest BCUT2D eigenvalue weighted by Crippen LogP contribution is -2.27. The van der Waals surface area contributed by atoms with E-state index in [1.54, 1.807) is 7.11 Å². The maximum absolute atomic E-state index is 5.26. The number of hydrogen-bond acceptors (Lipinski definition) is 3. The maximum atomic E-state index is 5.26. The topological polar surface area (TPSA) is 24.5 Å². The Kier molecular flexibility index (Phi) is 6.49. The Bertz CT molecular complexity index is 396. The number of halogens is 1. The van der Waals surface area contributed by atoms with Gasteiger partial charge in [-0.1, -0.05) is 28.1 Å². The van der Waals surface area contributed by atoms with Gasteiger partial charge in [0.25, 0.3) is 0 Å². The molecular weight excluding hydrogens is 316 g/mol. The molecule has 1 fully saturated rings. The van der Waals surface area contributed by atoms with E-state index in [-0.39, 0.29) is 0 Å². The van der Waals surface area contributed by atoms with E-state index in [0.29, 0.717) is 6.04 Å². The first-order chi connectivity index (χ1) is 9.72. The second-order valence-electron chi connectivity index (χ2n) is 5.59. The number of likely N-dealkylation sites (tertiary alicyclic amines) is 1. The van der Waals surface area contributed by atoms with Crippen molar-refractivity contribution in [3.8, 4) is 0 Å². The lowest BCUT2D eigenvalue weighted by atomic mass is 10.0. The van der Waals surface area contributed by atoms with Gasteiger partial charge in [-0.15, -0.1) is 0 Å². The zero-order valence-electron chi connectivity index (χ0n) is 12.4. The third kappa shape index (κ3) is 4.55. The van der Waals surface area contributed by atoms with E-state index in [4.69, 9.17) is 4.74 Å². The van der Waals surface area contributed by atoms with Crippen LogP contribution in [0.1, 0.15) is 24.4 Å². The van der Waals surface area contributed by atoms with Crippen LogP contribution in [0.4, 0.5) is 0 Å². The van der Waals surface area contributed by atoms with Crippen molar-refractivity contribution in [2.45, 2.75) is 18.9 Å². The molecule has 4 heteroatoms. The average molecular weight is 341 g/mol. The molecule has 3 nitrogen and oxygen atoms in total. The summed E-state index contributed by atoms with van der Waals surface area (Å²) in [7, 11) is 3.84. The number of nitrogens with zero attached hydrogens (tertiary/aromatic N) is 1. The van der Waals surface area contributed by atoms with Gasteiger partial charge < -0.3 is 15.0 Å². The van der Waals surface area contributed by atoms with Gasteiger partial charge in [-0.2, -0.15) is 0 Å². The largest absolute Gasteiger partial charge is 0.384 e. The molecule has 1 aromatic rings. The molecule has 2 atom stereocenters. The van der Waals surface area contributed by atoms with E-state index in [1.165, 1.54) is 25.1 Å². The zero-order valence-corrected chi connectivity index (χ0v) is 14.0. The summed E-state index contributed by atoms with van der Waals surface area (Å²) >= 11 is 3.49. The van der Waals surface area contributed by atoms with Gasteiger partial charge in [0, 0.05) is 24.2 Å². The van der Waals surface area contributed by atoms with Crippen molar-refractivity contribution in [1.82, 2.24) is 10.2 Å². The van der Waals surface area contributed by atoms with Gasteiger partial charge in [0.1, 0.15) is 0 Å². The van der Waals surface area contributed by atoms with Gasteiger partial charge in [-0.25, -0.2) is 0 Å². The Morgan fingerprint density at radius 3 is 2.80 bits per heavy atom. The standard InChI is InChI=1S/C16H25BrN2O/c1-18-16(14-3-5-15(17)6-4-14)8-10-19-9-7-13(11-19)12-20-2/h3-6,13,16,18H,7-12H2,1-2H3. The Morgan fingerprint density at radius 1 is 1.40 bits per heavy atom. The summed E-state index contributed by atoms with van der Waals surface area (Å²) in [5.74, 6) is 0.723. The van der Waals surface area contributed by atoms with E-state index in [0.717, 1.165) is 30.0 Å². The zero-order chi connectivity index (χ0) is 14.4. The minimum atomic E-state index is 0.435. The molecule has 2 rings (SSSR count). The van der Waals surface area contributed by atoms with E-state index in [1.807, 2.05) is 7.05 Å². The van der Waals surface area contributed by atoms with Crippen LogP contribution in [0.3, 0.4) is 0 Å². The number of methoxy groups -OCH3 is 1. The summed E-state index contributed by atoms with van der Waals surface area (Å²) < 4.78 is 6.39. The molecule has 0 spiro atoms. The molecule has 0 saturated carbocycles. The van der Waals surface area contributed by atoms with Crippen LogP contribution in [-0.4, -0.2) is 45.3 Å². The van der Waals surface area contributed by atoms with Gasteiger partial charge in [0.05, 0.1) is 6.61 Å². The smallest absolute Gasteiger partial charge is 0.0503 e. The second-order valence-corrected chi connectivity index (χ2v) is 6.51. The molecule has 1 aromatic carbocycles. The summed E-state index contributed by atoms with van der Waals surface area (Å²) in [5, 5.41) is 3.43. The van der Waals surface area contributed by atoms with Crippen molar-refractivity contribution in [1.29, 1.82) is 0 Å². The summed E-state index contributed by atoms with van der Waals surface area (Å²) in [4.78, 5) is 2.56. The molecule has 0 bridgehead atoms. The number of benzene rings is 1. The molecule has 1 aliphatic rings. The minimum absolute atomic E-state index is 0.435. The van der Waals surface area contributed by atoms with Crippen LogP contribution in [0.25, 0.3) is 0 Å². The van der Waals surface area contributed by atoms with E-state index < -0.39 is 0 Å². The second kappa shape index (κ2) is 8.13. The Labute approximate surface area is 130 Å². The first kappa shape index (κ1) is 16.0. The van der Waals surface area contributed by atoms with Crippen molar-refractivity contribution >= 4 is 15.9 Å². The number of rotatable bonds is 7. The van der Waals surface area contributed by atoms with Gasteiger partial charge in [-0.05, 0) is 56.6 Å². The fraction of sp³-hybridized carbons (Fsp3) is 0.625. The molecule has 0 aliphatic carbocycles. The van der Waals surface area contributed by atoms with Crippen LogP contribution in [-0.2, 0) is 4.74 Å². The first-order valence-electron chi connectivity index (χ1n) is 7.37. The lowest BCUT2D eigenvalue weighted by Gasteiger charge is -2.21. The van der Waals surface area contributed by atoms with Crippen molar-refractivity contribution in [2.75, 3.05) is 40.4 Å². The lowest BCUT2D eigenvalue weighted by molar-refractivity contribution is 0.153. The molecule has 1 heterocycles. The van der Waals surface area contributed by atoms with Crippen molar-refractivity contribution in [2.24, 2.45) is 5.92 Å². The highest BCUT2D eigenvalue weighted by atomic mass is 79.9. The first-order valence-corrected chi connectivity index (χ1v) is 8.16. The van der Waals surface area contributed by atoms with Crippen molar-refractivity contribution < 1.29 is 4.74 Å². The molecule has 112 valence electrons. The van der Waals surface area contributed by atoms with Crippen molar-refractivity contribution in [3.63, 3.8) is 0 Å².